The molecular formula is C21H19N3O4. The Morgan fingerprint density at radius 3 is 2.75 bits per heavy atom. The molecule has 1 aromatic heterocycles. The molecule has 7 nitrogen and oxygen atoms in total. The summed E-state index contributed by atoms with van der Waals surface area (Å²) in [4.78, 5) is 26.7. The van der Waals surface area contributed by atoms with Crippen LogP contribution in [0.3, 0.4) is 0 Å². The fraction of sp³-hybridized carbons (Fsp3) is 0.190. The van der Waals surface area contributed by atoms with E-state index in [2.05, 4.69) is 10.5 Å². The number of anilines is 1. The highest BCUT2D eigenvalue weighted by Gasteiger charge is 2.31. The van der Waals surface area contributed by atoms with Gasteiger partial charge >= 0.3 is 0 Å². The molecule has 28 heavy (non-hydrogen) atoms. The highest BCUT2D eigenvalue weighted by molar-refractivity contribution is 6.02. The van der Waals surface area contributed by atoms with Gasteiger partial charge in [0.1, 0.15) is 24.2 Å². The van der Waals surface area contributed by atoms with Crippen LogP contribution in [-0.4, -0.2) is 36.7 Å². The van der Waals surface area contributed by atoms with Crippen LogP contribution >= 0.6 is 0 Å². The van der Waals surface area contributed by atoms with E-state index < -0.39 is 11.9 Å². The molecule has 2 amide bonds. The predicted octanol–water partition coefficient (Wildman–Crippen LogP) is 2.42. The van der Waals surface area contributed by atoms with Crippen molar-refractivity contribution in [2.75, 3.05) is 18.6 Å². The fourth-order valence-electron chi connectivity index (χ4n) is 3.09. The molecule has 1 aliphatic rings. The van der Waals surface area contributed by atoms with Gasteiger partial charge in [-0.2, -0.15) is 0 Å². The summed E-state index contributed by atoms with van der Waals surface area (Å²) < 4.78 is 11.0. The van der Waals surface area contributed by atoms with Crippen molar-refractivity contribution in [3.8, 4) is 5.75 Å². The molecule has 3 aromatic rings. The molecule has 0 bridgehead atoms. The number of carbonyl (C=O) groups excluding carboxylic acids is 2. The summed E-state index contributed by atoms with van der Waals surface area (Å²) in [6.07, 6.45) is 0.532. The van der Waals surface area contributed by atoms with Gasteiger partial charge in [0.25, 0.3) is 11.8 Å². The standard InChI is InChI=1S/C21H19N3O4/c1-24-18-9-5-6-10-19(18)27-13-17(21(24)26)22-20(25)16-12-15(28-23-16)11-14-7-3-2-4-8-14/h2-10,12,17H,11,13H2,1H3,(H,22,25). The lowest BCUT2D eigenvalue weighted by molar-refractivity contribution is -0.120. The van der Waals surface area contributed by atoms with Gasteiger partial charge in [-0.05, 0) is 17.7 Å². The van der Waals surface area contributed by atoms with Gasteiger partial charge in [0, 0.05) is 19.5 Å². The zero-order valence-electron chi connectivity index (χ0n) is 15.3. The quantitative estimate of drug-likeness (QED) is 0.755. The molecule has 7 heteroatoms. The van der Waals surface area contributed by atoms with E-state index in [1.165, 1.54) is 4.90 Å². The smallest absolute Gasteiger partial charge is 0.274 e. The predicted molar refractivity (Wildman–Crippen MR) is 102 cm³/mol. The Hall–Kier alpha value is -3.61. The van der Waals surface area contributed by atoms with Crippen molar-refractivity contribution in [1.82, 2.24) is 10.5 Å². The second-order valence-electron chi connectivity index (χ2n) is 6.54. The number of nitrogens with one attached hydrogen (secondary N) is 1. The summed E-state index contributed by atoms with van der Waals surface area (Å²) in [6, 6.07) is 17.8. The first-order chi connectivity index (χ1) is 13.6. The van der Waals surface area contributed by atoms with Crippen LogP contribution in [0.1, 0.15) is 21.8 Å². The molecule has 4 rings (SSSR count). The Bertz CT molecular complexity index is 1000. The van der Waals surface area contributed by atoms with Gasteiger partial charge in [-0.3, -0.25) is 9.59 Å². The second-order valence-corrected chi connectivity index (χ2v) is 6.54. The van der Waals surface area contributed by atoms with Gasteiger partial charge in [-0.25, -0.2) is 0 Å². The summed E-state index contributed by atoms with van der Waals surface area (Å²) in [5, 5.41) is 6.52. The van der Waals surface area contributed by atoms with Crippen molar-refractivity contribution in [3.05, 3.63) is 77.7 Å². The average Bonchev–Trinajstić information content (AvgIpc) is 3.15. The minimum atomic E-state index is -0.820. The molecule has 0 spiro atoms. The van der Waals surface area contributed by atoms with Crippen LogP contribution in [0.2, 0.25) is 0 Å². The SMILES string of the molecule is CN1C(=O)C(NC(=O)c2cc(Cc3ccccc3)on2)COc2ccccc21. The van der Waals surface area contributed by atoms with Crippen LogP contribution < -0.4 is 15.0 Å². The Kier molecular flexibility index (Phi) is 4.80. The van der Waals surface area contributed by atoms with E-state index in [9.17, 15) is 9.59 Å². The lowest BCUT2D eigenvalue weighted by atomic mass is 10.1. The number of rotatable bonds is 4. The summed E-state index contributed by atoms with van der Waals surface area (Å²) >= 11 is 0. The van der Waals surface area contributed by atoms with Crippen molar-refractivity contribution < 1.29 is 18.8 Å². The van der Waals surface area contributed by atoms with E-state index in [0.29, 0.717) is 23.6 Å². The number of benzene rings is 2. The van der Waals surface area contributed by atoms with E-state index in [0.717, 1.165) is 5.56 Å². The van der Waals surface area contributed by atoms with Gasteiger partial charge in [-0.1, -0.05) is 47.6 Å². The molecule has 0 fully saturated rings. The number of aromatic nitrogens is 1. The molecule has 0 saturated carbocycles. The number of para-hydroxylation sites is 2. The normalized spacial score (nSPS) is 16.1. The van der Waals surface area contributed by atoms with E-state index in [1.807, 2.05) is 42.5 Å². The molecular weight excluding hydrogens is 358 g/mol. The molecule has 1 aliphatic heterocycles. The number of hydrogen-bond donors (Lipinski definition) is 1. The van der Waals surface area contributed by atoms with Crippen LogP contribution in [0, 0.1) is 0 Å². The Morgan fingerprint density at radius 1 is 1.18 bits per heavy atom. The third kappa shape index (κ3) is 3.59. The number of carbonyl (C=O) groups is 2. The maximum Gasteiger partial charge on any atom is 0.274 e. The molecule has 0 radical (unpaired) electrons. The maximum absolute atomic E-state index is 12.7. The van der Waals surface area contributed by atoms with Gasteiger partial charge in [0.2, 0.25) is 0 Å². The summed E-state index contributed by atoms with van der Waals surface area (Å²) in [5.41, 5.74) is 1.84. The molecule has 1 unspecified atom stereocenters. The van der Waals surface area contributed by atoms with E-state index in [1.54, 1.807) is 25.2 Å². The minimum absolute atomic E-state index is 0.0423. The summed E-state index contributed by atoms with van der Waals surface area (Å²) in [6.45, 7) is 0.0423. The molecule has 2 aromatic carbocycles. The first-order valence-corrected chi connectivity index (χ1v) is 8.91. The van der Waals surface area contributed by atoms with Crippen LogP contribution in [0.4, 0.5) is 5.69 Å². The molecule has 142 valence electrons. The maximum atomic E-state index is 12.7. The Labute approximate surface area is 161 Å². The fourth-order valence-corrected chi connectivity index (χ4v) is 3.09. The number of amides is 2. The van der Waals surface area contributed by atoms with Gasteiger partial charge in [0.05, 0.1) is 5.69 Å². The molecule has 1 atom stereocenters. The summed E-state index contributed by atoms with van der Waals surface area (Å²) in [5.74, 6) is 0.432. The third-order valence-electron chi connectivity index (χ3n) is 4.58. The number of likely N-dealkylation sites (N-methyl/N-ethyl adjacent to an activating group) is 1. The highest BCUT2D eigenvalue weighted by atomic mass is 16.5. The van der Waals surface area contributed by atoms with Crippen molar-refractivity contribution in [3.63, 3.8) is 0 Å². The zero-order valence-corrected chi connectivity index (χ0v) is 15.3. The largest absolute Gasteiger partial charge is 0.489 e. The highest BCUT2D eigenvalue weighted by Crippen LogP contribution is 2.29. The van der Waals surface area contributed by atoms with Crippen molar-refractivity contribution >= 4 is 17.5 Å². The topological polar surface area (TPSA) is 84.7 Å². The Balaban J connectivity index is 1.45. The molecule has 0 aliphatic carbocycles. The number of fused-ring (bicyclic) bond motifs is 1. The van der Waals surface area contributed by atoms with Crippen molar-refractivity contribution in [2.24, 2.45) is 0 Å². The number of hydrogen-bond acceptors (Lipinski definition) is 5. The van der Waals surface area contributed by atoms with Crippen LogP contribution in [0.5, 0.6) is 5.75 Å². The third-order valence-corrected chi connectivity index (χ3v) is 4.58. The number of ether oxygens (including phenoxy) is 1. The van der Waals surface area contributed by atoms with E-state index in [4.69, 9.17) is 9.26 Å². The van der Waals surface area contributed by atoms with Gasteiger partial charge in [-0.15, -0.1) is 0 Å². The first kappa shape index (κ1) is 17.8. The van der Waals surface area contributed by atoms with Crippen molar-refractivity contribution in [1.29, 1.82) is 0 Å². The first-order valence-electron chi connectivity index (χ1n) is 8.91. The minimum Gasteiger partial charge on any atom is -0.489 e. The Morgan fingerprint density at radius 2 is 1.93 bits per heavy atom. The number of nitrogens with zero attached hydrogens (tertiary/aromatic N) is 2. The molecule has 2 heterocycles. The lowest BCUT2D eigenvalue weighted by Gasteiger charge is -2.19. The van der Waals surface area contributed by atoms with Gasteiger partial charge < -0.3 is 19.5 Å². The lowest BCUT2D eigenvalue weighted by Crippen LogP contribution is -2.49. The molecule has 0 saturated heterocycles. The summed E-state index contributed by atoms with van der Waals surface area (Å²) in [7, 11) is 1.66. The molecule has 1 N–H and O–H groups in total. The van der Waals surface area contributed by atoms with E-state index in [-0.39, 0.29) is 18.2 Å². The van der Waals surface area contributed by atoms with Crippen LogP contribution in [-0.2, 0) is 11.2 Å². The van der Waals surface area contributed by atoms with Crippen LogP contribution in [0.25, 0.3) is 0 Å². The monoisotopic (exact) mass is 377 g/mol. The average molecular weight is 377 g/mol. The van der Waals surface area contributed by atoms with Crippen molar-refractivity contribution in [2.45, 2.75) is 12.5 Å². The van der Waals surface area contributed by atoms with Crippen LogP contribution in [0.15, 0.2) is 65.2 Å². The zero-order chi connectivity index (χ0) is 19.5. The second kappa shape index (κ2) is 7.56. The van der Waals surface area contributed by atoms with Gasteiger partial charge in [0.15, 0.2) is 5.69 Å². The van der Waals surface area contributed by atoms with E-state index >= 15 is 0 Å².